The molecule has 1 aromatic heterocycles. The molecule has 2 amide bonds. The smallest absolute Gasteiger partial charge is 0.397 e. The Morgan fingerprint density at radius 2 is 1.76 bits per heavy atom. The van der Waals surface area contributed by atoms with Crippen molar-refractivity contribution in [3.63, 3.8) is 0 Å². The highest BCUT2D eigenvalue weighted by molar-refractivity contribution is 6.03. The standard InChI is InChI=1S/C29H31F3N6O3/c30-29(31,32)25-11-10-22(19-35-25)36-28(40)27(34-13-14-38-15-17-41-18-16-38)21-8-5-20(6-9-21)7-12-26(39)37-24-4-2-1-3-23(24)33/h1-12,19,27,34H,13-18,33H2,(H,36,40)(H,37,39). The number of carbonyl (C=O) groups is 2. The van der Waals surface area contributed by atoms with Gasteiger partial charge in [-0.15, -0.1) is 0 Å². The van der Waals surface area contributed by atoms with Crippen molar-refractivity contribution in [3.05, 3.63) is 89.8 Å². The summed E-state index contributed by atoms with van der Waals surface area (Å²) in [4.78, 5) is 31.2. The average Bonchev–Trinajstić information content (AvgIpc) is 2.96. The summed E-state index contributed by atoms with van der Waals surface area (Å²) in [6, 6.07) is 15.2. The molecule has 0 saturated carbocycles. The number of anilines is 3. The Kier molecular flexibility index (Phi) is 10.1. The molecule has 3 aromatic rings. The summed E-state index contributed by atoms with van der Waals surface area (Å²) in [5, 5.41) is 8.62. The van der Waals surface area contributed by atoms with Crippen molar-refractivity contribution in [2.24, 2.45) is 0 Å². The molecule has 216 valence electrons. The van der Waals surface area contributed by atoms with Gasteiger partial charge in [0.1, 0.15) is 11.7 Å². The van der Waals surface area contributed by atoms with Crippen LogP contribution in [0.1, 0.15) is 22.9 Å². The number of carbonyl (C=O) groups excluding carboxylic acids is 2. The monoisotopic (exact) mass is 568 g/mol. The number of pyridine rings is 1. The van der Waals surface area contributed by atoms with Gasteiger partial charge in [0.05, 0.1) is 36.5 Å². The summed E-state index contributed by atoms with van der Waals surface area (Å²) in [5.74, 6) is -0.796. The highest BCUT2D eigenvalue weighted by Gasteiger charge is 2.32. The Bertz CT molecular complexity index is 1340. The maximum atomic E-state index is 13.2. The second-order valence-corrected chi connectivity index (χ2v) is 9.34. The number of nitrogen functional groups attached to an aromatic ring is 1. The molecule has 1 atom stereocenters. The number of nitrogens with two attached hydrogens (primary N) is 1. The van der Waals surface area contributed by atoms with Gasteiger partial charge < -0.3 is 26.4 Å². The zero-order valence-corrected chi connectivity index (χ0v) is 22.2. The second kappa shape index (κ2) is 13.9. The maximum absolute atomic E-state index is 13.2. The fourth-order valence-electron chi connectivity index (χ4n) is 4.16. The number of hydrogen-bond acceptors (Lipinski definition) is 7. The summed E-state index contributed by atoms with van der Waals surface area (Å²) in [6.45, 7) is 4.07. The molecule has 41 heavy (non-hydrogen) atoms. The van der Waals surface area contributed by atoms with E-state index in [1.165, 1.54) is 12.1 Å². The van der Waals surface area contributed by atoms with Crippen LogP contribution in [0.5, 0.6) is 0 Å². The minimum Gasteiger partial charge on any atom is -0.397 e. The van der Waals surface area contributed by atoms with Gasteiger partial charge in [0, 0.05) is 32.3 Å². The largest absolute Gasteiger partial charge is 0.433 e. The van der Waals surface area contributed by atoms with Crippen molar-refractivity contribution in [2.75, 3.05) is 55.8 Å². The molecule has 1 aliphatic rings. The predicted molar refractivity (Wildman–Crippen MR) is 151 cm³/mol. The minimum atomic E-state index is -4.57. The predicted octanol–water partition coefficient (Wildman–Crippen LogP) is 3.94. The number of alkyl halides is 3. The van der Waals surface area contributed by atoms with E-state index in [2.05, 4.69) is 25.8 Å². The van der Waals surface area contributed by atoms with Gasteiger partial charge in [0.15, 0.2) is 0 Å². The third-order valence-corrected chi connectivity index (χ3v) is 6.38. The molecule has 12 heteroatoms. The molecule has 5 N–H and O–H groups in total. The Labute approximate surface area is 235 Å². The van der Waals surface area contributed by atoms with E-state index in [-0.39, 0.29) is 11.6 Å². The number of nitrogens with zero attached hydrogens (tertiary/aromatic N) is 2. The van der Waals surface area contributed by atoms with Crippen LogP contribution in [-0.2, 0) is 20.5 Å². The molecule has 1 aliphatic heterocycles. The van der Waals surface area contributed by atoms with Crippen molar-refractivity contribution in [3.8, 4) is 0 Å². The van der Waals surface area contributed by atoms with Crippen LogP contribution >= 0.6 is 0 Å². The van der Waals surface area contributed by atoms with E-state index < -0.39 is 23.8 Å². The Morgan fingerprint density at radius 3 is 2.41 bits per heavy atom. The highest BCUT2D eigenvalue weighted by Crippen LogP contribution is 2.28. The summed E-state index contributed by atoms with van der Waals surface area (Å²) in [5.41, 5.74) is 7.30. The van der Waals surface area contributed by atoms with Gasteiger partial charge in [-0.3, -0.25) is 14.5 Å². The van der Waals surface area contributed by atoms with Gasteiger partial charge in [-0.1, -0.05) is 36.4 Å². The van der Waals surface area contributed by atoms with Gasteiger partial charge >= 0.3 is 6.18 Å². The molecule has 2 heterocycles. The first-order chi connectivity index (χ1) is 19.7. The number of hydrogen-bond donors (Lipinski definition) is 4. The molecule has 0 aliphatic carbocycles. The van der Waals surface area contributed by atoms with Gasteiger partial charge in [0.25, 0.3) is 0 Å². The topological polar surface area (TPSA) is 122 Å². The van der Waals surface area contributed by atoms with E-state index in [4.69, 9.17) is 10.5 Å². The number of ether oxygens (including phenoxy) is 1. The molecule has 4 rings (SSSR count). The number of para-hydroxylation sites is 2. The van der Waals surface area contributed by atoms with Gasteiger partial charge in [0.2, 0.25) is 11.8 Å². The molecule has 1 unspecified atom stereocenters. The molecule has 0 bridgehead atoms. The fourth-order valence-corrected chi connectivity index (χ4v) is 4.16. The molecular formula is C29H31F3N6O3. The Hall–Kier alpha value is -4.26. The SMILES string of the molecule is Nc1ccccc1NC(=O)C=Cc1ccc(C(NCCN2CCOCC2)C(=O)Nc2ccc(C(F)(F)F)nc2)cc1. The number of rotatable bonds is 10. The van der Waals surface area contributed by atoms with Crippen LogP contribution in [0, 0.1) is 0 Å². The summed E-state index contributed by atoms with van der Waals surface area (Å²) in [6.07, 6.45) is -0.581. The summed E-state index contributed by atoms with van der Waals surface area (Å²) < 4.78 is 44.0. The zero-order chi connectivity index (χ0) is 29.2. The van der Waals surface area contributed by atoms with Crippen LogP contribution in [0.4, 0.5) is 30.2 Å². The van der Waals surface area contributed by atoms with E-state index in [1.807, 2.05) is 0 Å². The van der Waals surface area contributed by atoms with E-state index >= 15 is 0 Å². The number of aromatic nitrogens is 1. The highest BCUT2D eigenvalue weighted by atomic mass is 19.4. The number of amides is 2. The lowest BCUT2D eigenvalue weighted by Gasteiger charge is -2.27. The first-order valence-electron chi connectivity index (χ1n) is 13.0. The molecule has 2 aromatic carbocycles. The van der Waals surface area contributed by atoms with E-state index in [1.54, 1.807) is 54.6 Å². The lowest BCUT2D eigenvalue weighted by Crippen LogP contribution is -2.42. The Morgan fingerprint density at radius 1 is 1.02 bits per heavy atom. The third kappa shape index (κ3) is 8.87. The van der Waals surface area contributed by atoms with E-state index in [0.29, 0.717) is 43.2 Å². The molecule has 0 spiro atoms. The zero-order valence-electron chi connectivity index (χ0n) is 22.2. The van der Waals surface area contributed by atoms with Crippen LogP contribution in [0.2, 0.25) is 0 Å². The summed E-state index contributed by atoms with van der Waals surface area (Å²) >= 11 is 0. The normalized spacial score (nSPS) is 15.0. The fraction of sp³-hybridized carbons (Fsp3) is 0.276. The van der Waals surface area contributed by atoms with Crippen molar-refractivity contribution in [1.82, 2.24) is 15.2 Å². The molecule has 9 nitrogen and oxygen atoms in total. The number of nitrogens with one attached hydrogen (secondary N) is 3. The lowest BCUT2D eigenvalue weighted by molar-refractivity contribution is -0.141. The van der Waals surface area contributed by atoms with Crippen molar-refractivity contribution >= 4 is 35.0 Å². The molecule has 0 radical (unpaired) electrons. The lowest BCUT2D eigenvalue weighted by atomic mass is 10.0. The van der Waals surface area contributed by atoms with Gasteiger partial charge in [-0.05, 0) is 41.5 Å². The van der Waals surface area contributed by atoms with E-state index in [0.717, 1.165) is 30.9 Å². The maximum Gasteiger partial charge on any atom is 0.433 e. The van der Waals surface area contributed by atoms with Crippen molar-refractivity contribution in [1.29, 1.82) is 0 Å². The Balaban J connectivity index is 1.43. The van der Waals surface area contributed by atoms with Gasteiger partial charge in [-0.25, -0.2) is 4.98 Å². The number of morpholine rings is 1. The van der Waals surface area contributed by atoms with E-state index in [9.17, 15) is 22.8 Å². The second-order valence-electron chi connectivity index (χ2n) is 9.34. The molecule has 1 saturated heterocycles. The van der Waals surface area contributed by atoms with Crippen LogP contribution in [0.3, 0.4) is 0 Å². The van der Waals surface area contributed by atoms with Gasteiger partial charge in [-0.2, -0.15) is 13.2 Å². The number of benzene rings is 2. The summed E-state index contributed by atoms with van der Waals surface area (Å²) in [7, 11) is 0. The van der Waals surface area contributed by atoms with Crippen LogP contribution in [0.25, 0.3) is 6.08 Å². The number of halogens is 3. The van der Waals surface area contributed by atoms with Crippen molar-refractivity contribution < 1.29 is 27.5 Å². The van der Waals surface area contributed by atoms with Crippen LogP contribution < -0.4 is 21.7 Å². The van der Waals surface area contributed by atoms with Crippen LogP contribution in [0.15, 0.2) is 72.9 Å². The first-order valence-corrected chi connectivity index (χ1v) is 13.0. The third-order valence-electron chi connectivity index (χ3n) is 6.38. The molecular weight excluding hydrogens is 537 g/mol. The molecule has 1 fully saturated rings. The quantitative estimate of drug-likeness (QED) is 0.216. The van der Waals surface area contributed by atoms with Crippen molar-refractivity contribution in [2.45, 2.75) is 12.2 Å². The van der Waals surface area contributed by atoms with Crippen LogP contribution in [-0.4, -0.2) is 61.1 Å². The average molecular weight is 569 g/mol. The first kappa shape index (κ1) is 29.7. The minimum absolute atomic E-state index is 0.146.